The van der Waals surface area contributed by atoms with E-state index >= 15 is 0 Å². The number of carbonyl (C=O) groups excluding carboxylic acids is 1. The van der Waals surface area contributed by atoms with E-state index in [1.807, 2.05) is 6.92 Å². The summed E-state index contributed by atoms with van der Waals surface area (Å²) in [6, 6.07) is 0. The smallest absolute Gasteiger partial charge is 0.333 e. The first-order valence-electron chi connectivity index (χ1n) is 3.90. The van der Waals surface area contributed by atoms with Gasteiger partial charge in [-0.3, -0.25) is 0 Å². The normalized spacial score (nSPS) is 11.3. The van der Waals surface area contributed by atoms with Gasteiger partial charge in [0.15, 0.2) is 0 Å². The molecule has 0 saturated carbocycles. The summed E-state index contributed by atoms with van der Waals surface area (Å²) in [6.07, 6.45) is 1.58. The minimum absolute atomic E-state index is 0. The van der Waals surface area contributed by atoms with Crippen LogP contribution in [0, 0.1) is 0 Å². The molecule has 0 aliphatic heterocycles. The van der Waals surface area contributed by atoms with E-state index in [2.05, 4.69) is 11.3 Å². The highest BCUT2D eigenvalue weighted by molar-refractivity contribution is 5.87. The number of ether oxygens (including phenoxy) is 2. The van der Waals surface area contributed by atoms with Gasteiger partial charge in [-0.2, -0.15) is 0 Å². The number of carbonyl (C=O) groups is 1. The van der Waals surface area contributed by atoms with Crippen LogP contribution in [0.15, 0.2) is 12.2 Å². The summed E-state index contributed by atoms with van der Waals surface area (Å²) >= 11 is 0. The van der Waals surface area contributed by atoms with Crippen LogP contribution < -0.4 is 0 Å². The van der Waals surface area contributed by atoms with Gasteiger partial charge in [-0.1, -0.05) is 14.0 Å². The fraction of sp³-hybridized carbons (Fsp3) is 0.700. The second-order valence-electron chi connectivity index (χ2n) is 2.68. The molecule has 1 atom stereocenters. The largest absolute Gasteiger partial charge is 0.466 e. The molecular weight excluding hydrogens is 168 g/mol. The molecule has 0 aliphatic rings. The van der Waals surface area contributed by atoms with Crippen LogP contribution in [0.1, 0.15) is 27.2 Å². The van der Waals surface area contributed by atoms with E-state index in [1.165, 1.54) is 7.11 Å². The number of hydrogen-bond acceptors (Lipinski definition) is 3. The number of hydrogen-bond donors (Lipinski definition) is 0. The third-order valence-corrected chi connectivity index (χ3v) is 1.73. The van der Waals surface area contributed by atoms with Crippen molar-refractivity contribution >= 4 is 5.97 Å². The molecule has 1 unspecified atom stereocenters. The molecule has 0 aliphatic carbocycles. The van der Waals surface area contributed by atoms with Gasteiger partial charge in [0.05, 0.1) is 13.2 Å². The van der Waals surface area contributed by atoms with E-state index in [9.17, 15) is 4.79 Å². The van der Waals surface area contributed by atoms with Crippen molar-refractivity contribution in [2.75, 3.05) is 14.2 Å². The number of rotatable bonds is 5. The molecule has 3 nitrogen and oxygen atoms in total. The summed E-state index contributed by atoms with van der Waals surface area (Å²) in [7, 11) is 3.00. The quantitative estimate of drug-likeness (QED) is 0.490. The Morgan fingerprint density at radius 2 is 2.00 bits per heavy atom. The maximum absolute atomic E-state index is 10.9. The van der Waals surface area contributed by atoms with Gasteiger partial charge in [0.1, 0.15) is 0 Å². The Hall–Kier alpha value is -0.830. The van der Waals surface area contributed by atoms with Gasteiger partial charge >= 0.3 is 5.97 Å². The van der Waals surface area contributed by atoms with Crippen molar-refractivity contribution in [2.45, 2.75) is 33.3 Å². The zero-order valence-corrected chi connectivity index (χ0v) is 7.92. The average Bonchev–Trinajstić information content (AvgIpc) is 2.11. The second-order valence-corrected chi connectivity index (χ2v) is 2.68. The van der Waals surface area contributed by atoms with Gasteiger partial charge in [0, 0.05) is 12.7 Å². The highest BCUT2D eigenvalue weighted by Crippen LogP contribution is 2.08. The molecule has 0 heterocycles. The predicted molar refractivity (Wildman–Crippen MR) is 53.6 cm³/mol. The molecule has 0 aromatic heterocycles. The minimum atomic E-state index is -0.335. The van der Waals surface area contributed by atoms with E-state index < -0.39 is 0 Å². The lowest BCUT2D eigenvalue weighted by Gasteiger charge is -2.08. The second kappa shape index (κ2) is 7.80. The molecule has 0 spiro atoms. The van der Waals surface area contributed by atoms with Crippen LogP contribution >= 0.6 is 0 Å². The van der Waals surface area contributed by atoms with Gasteiger partial charge < -0.3 is 9.47 Å². The lowest BCUT2D eigenvalue weighted by Crippen LogP contribution is -2.09. The van der Waals surface area contributed by atoms with Crippen LogP contribution in [0.4, 0.5) is 0 Å². The lowest BCUT2D eigenvalue weighted by molar-refractivity contribution is -0.136. The maximum atomic E-state index is 10.9. The van der Waals surface area contributed by atoms with Crippen LogP contribution in [-0.4, -0.2) is 26.3 Å². The first-order chi connectivity index (χ1) is 5.61. The SMILES string of the molecule is C.C=C(CCC(C)OC)C(=O)OC. The standard InChI is InChI=1S/C9H16O3.CH4/c1-7(9(10)12-4)5-6-8(2)11-3;/h8H,1,5-6H2,2-4H3;1H4. The molecule has 13 heavy (non-hydrogen) atoms. The fourth-order valence-corrected chi connectivity index (χ4v) is 0.742. The summed E-state index contributed by atoms with van der Waals surface area (Å²) in [6.45, 7) is 5.55. The molecule has 3 heteroatoms. The van der Waals surface area contributed by atoms with Crippen LogP contribution in [0.2, 0.25) is 0 Å². The van der Waals surface area contributed by atoms with Crippen molar-refractivity contribution in [1.29, 1.82) is 0 Å². The highest BCUT2D eigenvalue weighted by Gasteiger charge is 2.08. The van der Waals surface area contributed by atoms with Crippen molar-refractivity contribution in [3.8, 4) is 0 Å². The molecular formula is C10H20O3. The van der Waals surface area contributed by atoms with Crippen molar-refractivity contribution in [2.24, 2.45) is 0 Å². The van der Waals surface area contributed by atoms with Crippen molar-refractivity contribution in [3.63, 3.8) is 0 Å². The molecule has 0 amide bonds. The van der Waals surface area contributed by atoms with Crippen LogP contribution in [-0.2, 0) is 14.3 Å². The van der Waals surface area contributed by atoms with Crippen molar-refractivity contribution in [3.05, 3.63) is 12.2 Å². The van der Waals surface area contributed by atoms with Gasteiger partial charge in [-0.15, -0.1) is 0 Å². The minimum Gasteiger partial charge on any atom is -0.466 e. The monoisotopic (exact) mass is 188 g/mol. The molecule has 0 aromatic carbocycles. The van der Waals surface area contributed by atoms with Crippen molar-refractivity contribution in [1.82, 2.24) is 0 Å². The van der Waals surface area contributed by atoms with E-state index in [0.29, 0.717) is 12.0 Å². The van der Waals surface area contributed by atoms with Gasteiger partial charge in [0.25, 0.3) is 0 Å². The van der Waals surface area contributed by atoms with Crippen LogP contribution in [0.3, 0.4) is 0 Å². The molecule has 0 N–H and O–H groups in total. The van der Waals surface area contributed by atoms with Crippen LogP contribution in [0.5, 0.6) is 0 Å². The van der Waals surface area contributed by atoms with E-state index in [4.69, 9.17) is 4.74 Å². The molecule has 78 valence electrons. The fourth-order valence-electron chi connectivity index (χ4n) is 0.742. The maximum Gasteiger partial charge on any atom is 0.333 e. The summed E-state index contributed by atoms with van der Waals surface area (Å²) in [5, 5.41) is 0. The molecule has 0 bridgehead atoms. The average molecular weight is 188 g/mol. The van der Waals surface area contributed by atoms with E-state index in [0.717, 1.165) is 6.42 Å². The Labute approximate surface area is 80.7 Å². The van der Waals surface area contributed by atoms with Crippen molar-refractivity contribution < 1.29 is 14.3 Å². The predicted octanol–water partition coefficient (Wildman–Crippen LogP) is 2.17. The number of esters is 1. The zero-order valence-electron chi connectivity index (χ0n) is 7.92. The first-order valence-corrected chi connectivity index (χ1v) is 3.90. The Balaban J connectivity index is 0. The summed E-state index contributed by atoms with van der Waals surface area (Å²) < 4.78 is 9.52. The third kappa shape index (κ3) is 6.34. The Kier molecular flexibility index (Phi) is 8.81. The number of methoxy groups -OCH3 is 2. The van der Waals surface area contributed by atoms with Gasteiger partial charge in [-0.05, 0) is 19.8 Å². The first kappa shape index (κ1) is 14.7. The molecule has 0 radical (unpaired) electrons. The molecule has 0 aromatic rings. The van der Waals surface area contributed by atoms with Crippen LogP contribution in [0.25, 0.3) is 0 Å². The summed E-state index contributed by atoms with van der Waals surface area (Å²) in [5.74, 6) is -0.335. The van der Waals surface area contributed by atoms with E-state index in [-0.39, 0.29) is 19.5 Å². The zero-order chi connectivity index (χ0) is 9.56. The lowest BCUT2D eigenvalue weighted by atomic mass is 10.1. The topological polar surface area (TPSA) is 35.5 Å². The van der Waals surface area contributed by atoms with Gasteiger partial charge in [-0.25, -0.2) is 4.79 Å². The highest BCUT2D eigenvalue weighted by atomic mass is 16.5. The molecule has 0 rings (SSSR count). The summed E-state index contributed by atoms with van der Waals surface area (Å²) in [4.78, 5) is 10.9. The molecule has 0 saturated heterocycles. The Morgan fingerprint density at radius 1 is 1.46 bits per heavy atom. The summed E-state index contributed by atoms with van der Waals surface area (Å²) in [5.41, 5.74) is 0.501. The Morgan fingerprint density at radius 3 is 2.38 bits per heavy atom. The third-order valence-electron chi connectivity index (χ3n) is 1.73. The van der Waals surface area contributed by atoms with E-state index in [1.54, 1.807) is 7.11 Å². The molecule has 0 fully saturated rings. The Bertz CT molecular complexity index is 164. The van der Waals surface area contributed by atoms with Gasteiger partial charge in [0.2, 0.25) is 0 Å².